The molecular formula is C15H20ClN3O. The van der Waals surface area contributed by atoms with Crippen LogP contribution in [-0.2, 0) is 6.54 Å². The van der Waals surface area contributed by atoms with Crippen molar-refractivity contribution in [1.29, 1.82) is 0 Å². The molecule has 2 aromatic rings. The molecule has 0 aliphatic heterocycles. The van der Waals surface area contributed by atoms with Crippen LogP contribution in [0.2, 0.25) is 5.02 Å². The van der Waals surface area contributed by atoms with Crippen LogP contribution in [0.15, 0.2) is 24.4 Å². The van der Waals surface area contributed by atoms with E-state index in [9.17, 15) is 0 Å². The van der Waals surface area contributed by atoms with Gasteiger partial charge in [0.15, 0.2) is 0 Å². The Morgan fingerprint density at radius 2 is 2.15 bits per heavy atom. The largest absolute Gasteiger partial charge is 0.497 e. The van der Waals surface area contributed by atoms with Crippen LogP contribution in [-0.4, -0.2) is 35.8 Å². The Bertz CT molecular complexity index is 568. The van der Waals surface area contributed by atoms with Crippen molar-refractivity contribution in [3.63, 3.8) is 0 Å². The van der Waals surface area contributed by atoms with Crippen molar-refractivity contribution in [2.24, 2.45) is 0 Å². The van der Waals surface area contributed by atoms with Crippen LogP contribution < -0.4 is 4.74 Å². The number of benzene rings is 1. The second kappa shape index (κ2) is 6.77. The Morgan fingerprint density at radius 3 is 2.85 bits per heavy atom. The molecular weight excluding hydrogens is 274 g/mol. The average molecular weight is 294 g/mol. The van der Waals surface area contributed by atoms with Gasteiger partial charge in [-0.15, -0.1) is 0 Å². The van der Waals surface area contributed by atoms with Gasteiger partial charge in [-0.3, -0.25) is 5.10 Å². The zero-order valence-corrected chi connectivity index (χ0v) is 12.9. The summed E-state index contributed by atoms with van der Waals surface area (Å²) < 4.78 is 5.26. The Balaban J connectivity index is 2.29. The van der Waals surface area contributed by atoms with Crippen LogP contribution in [0.4, 0.5) is 0 Å². The Hall–Kier alpha value is -1.52. The molecule has 1 heterocycles. The molecule has 5 heteroatoms. The molecule has 0 atom stereocenters. The van der Waals surface area contributed by atoms with E-state index >= 15 is 0 Å². The number of rotatable bonds is 6. The highest BCUT2D eigenvalue weighted by Crippen LogP contribution is 2.29. The second-order valence-corrected chi connectivity index (χ2v) is 5.31. The second-order valence-electron chi connectivity index (χ2n) is 4.88. The van der Waals surface area contributed by atoms with Crippen LogP contribution in [0.3, 0.4) is 0 Å². The summed E-state index contributed by atoms with van der Waals surface area (Å²) in [6.07, 6.45) is 3.07. The molecule has 0 fully saturated rings. The summed E-state index contributed by atoms with van der Waals surface area (Å²) in [6, 6.07) is 5.65. The van der Waals surface area contributed by atoms with Gasteiger partial charge in [-0.1, -0.05) is 18.5 Å². The number of H-pyrrole nitrogens is 1. The molecule has 0 radical (unpaired) electrons. The lowest BCUT2D eigenvalue weighted by Crippen LogP contribution is -2.18. The van der Waals surface area contributed by atoms with Gasteiger partial charge < -0.3 is 9.64 Å². The van der Waals surface area contributed by atoms with Crippen molar-refractivity contribution in [3.8, 4) is 17.0 Å². The number of hydrogen-bond donors (Lipinski definition) is 1. The standard InChI is InChI=1S/C15H20ClN3O/c1-4-5-19(2)10-12-9-17-18-15(12)11-6-13(16)8-14(7-11)20-3/h6-9H,4-5,10H2,1-3H3,(H,17,18). The Morgan fingerprint density at radius 1 is 1.35 bits per heavy atom. The molecule has 1 N–H and O–H groups in total. The molecule has 1 aromatic carbocycles. The monoisotopic (exact) mass is 293 g/mol. The van der Waals surface area contributed by atoms with Gasteiger partial charge in [0.05, 0.1) is 12.8 Å². The lowest BCUT2D eigenvalue weighted by atomic mass is 10.1. The molecule has 0 saturated heterocycles. The highest BCUT2D eigenvalue weighted by atomic mass is 35.5. The fourth-order valence-corrected chi connectivity index (χ4v) is 2.48. The van der Waals surface area contributed by atoms with E-state index < -0.39 is 0 Å². The lowest BCUT2D eigenvalue weighted by Gasteiger charge is -2.15. The number of aromatic amines is 1. The number of nitrogens with one attached hydrogen (secondary N) is 1. The van der Waals surface area contributed by atoms with E-state index in [-0.39, 0.29) is 0 Å². The summed E-state index contributed by atoms with van der Waals surface area (Å²) in [5.74, 6) is 0.739. The third-order valence-electron chi connectivity index (χ3n) is 3.15. The van der Waals surface area contributed by atoms with Crippen LogP contribution in [0.5, 0.6) is 5.75 Å². The van der Waals surface area contributed by atoms with E-state index in [2.05, 4.69) is 29.1 Å². The van der Waals surface area contributed by atoms with Gasteiger partial charge in [0, 0.05) is 28.9 Å². The van der Waals surface area contributed by atoms with Gasteiger partial charge in [0.25, 0.3) is 0 Å². The van der Waals surface area contributed by atoms with E-state index in [0.29, 0.717) is 5.02 Å². The molecule has 0 saturated carbocycles. The zero-order chi connectivity index (χ0) is 14.5. The number of nitrogens with zero attached hydrogens (tertiary/aromatic N) is 2. The predicted octanol–water partition coefficient (Wildman–Crippen LogP) is 3.58. The average Bonchev–Trinajstić information content (AvgIpc) is 2.86. The van der Waals surface area contributed by atoms with Gasteiger partial charge in [-0.05, 0) is 38.2 Å². The van der Waals surface area contributed by atoms with Crippen molar-refractivity contribution < 1.29 is 4.74 Å². The summed E-state index contributed by atoms with van der Waals surface area (Å²) >= 11 is 6.13. The lowest BCUT2D eigenvalue weighted by molar-refractivity contribution is 0.328. The Kier molecular flexibility index (Phi) is 5.04. The molecule has 0 amide bonds. The maximum atomic E-state index is 6.13. The minimum atomic E-state index is 0.648. The van der Waals surface area contributed by atoms with E-state index in [1.165, 1.54) is 0 Å². The highest BCUT2D eigenvalue weighted by Gasteiger charge is 2.12. The molecule has 2 rings (SSSR count). The van der Waals surface area contributed by atoms with Gasteiger partial charge in [0.2, 0.25) is 0 Å². The van der Waals surface area contributed by atoms with Crippen LogP contribution in [0.25, 0.3) is 11.3 Å². The molecule has 108 valence electrons. The van der Waals surface area contributed by atoms with Crippen molar-refractivity contribution in [2.45, 2.75) is 19.9 Å². The first kappa shape index (κ1) is 14.9. The van der Waals surface area contributed by atoms with Crippen molar-refractivity contribution >= 4 is 11.6 Å². The minimum absolute atomic E-state index is 0.648. The van der Waals surface area contributed by atoms with Crippen molar-refractivity contribution in [2.75, 3.05) is 20.7 Å². The maximum Gasteiger partial charge on any atom is 0.121 e. The van der Waals surface area contributed by atoms with Crippen LogP contribution >= 0.6 is 11.6 Å². The summed E-state index contributed by atoms with van der Waals surface area (Å²) in [7, 11) is 3.74. The van der Waals surface area contributed by atoms with Gasteiger partial charge in [0.1, 0.15) is 5.75 Å². The normalized spacial score (nSPS) is 11.1. The number of halogens is 1. The number of hydrogen-bond acceptors (Lipinski definition) is 3. The number of methoxy groups -OCH3 is 1. The minimum Gasteiger partial charge on any atom is -0.497 e. The van der Waals surface area contributed by atoms with E-state index in [0.717, 1.165) is 42.1 Å². The Labute approximate surface area is 124 Å². The molecule has 4 nitrogen and oxygen atoms in total. The topological polar surface area (TPSA) is 41.2 Å². The smallest absolute Gasteiger partial charge is 0.121 e. The SMILES string of the molecule is CCCN(C)Cc1c[nH]nc1-c1cc(Cl)cc(OC)c1. The summed E-state index contributed by atoms with van der Waals surface area (Å²) in [4.78, 5) is 2.27. The van der Waals surface area contributed by atoms with Crippen molar-refractivity contribution in [3.05, 3.63) is 35.0 Å². The molecule has 0 spiro atoms. The first-order valence-electron chi connectivity index (χ1n) is 6.70. The molecule has 0 bridgehead atoms. The maximum absolute atomic E-state index is 6.13. The van der Waals surface area contributed by atoms with E-state index in [4.69, 9.17) is 16.3 Å². The first-order valence-corrected chi connectivity index (χ1v) is 7.08. The molecule has 0 aliphatic carbocycles. The van der Waals surface area contributed by atoms with Gasteiger partial charge in [-0.25, -0.2) is 0 Å². The van der Waals surface area contributed by atoms with E-state index in [1.54, 1.807) is 13.2 Å². The van der Waals surface area contributed by atoms with Crippen LogP contribution in [0, 0.1) is 0 Å². The molecule has 0 unspecified atom stereocenters. The molecule has 1 aromatic heterocycles. The highest BCUT2D eigenvalue weighted by molar-refractivity contribution is 6.31. The third kappa shape index (κ3) is 3.52. The number of ether oxygens (including phenoxy) is 1. The zero-order valence-electron chi connectivity index (χ0n) is 12.1. The predicted molar refractivity (Wildman–Crippen MR) is 82.2 cm³/mol. The summed E-state index contributed by atoms with van der Waals surface area (Å²) in [6.45, 7) is 4.09. The fraction of sp³-hybridized carbons (Fsp3) is 0.400. The van der Waals surface area contributed by atoms with Crippen molar-refractivity contribution in [1.82, 2.24) is 15.1 Å². The fourth-order valence-electron chi connectivity index (χ4n) is 2.25. The van der Waals surface area contributed by atoms with E-state index in [1.807, 2.05) is 18.3 Å². The first-order chi connectivity index (χ1) is 9.63. The van der Waals surface area contributed by atoms with Gasteiger partial charge in [-0.2, -0.15) is 5.10 Å². The van der Waals surface area contributed by atoms with Crippen LogP contribution in [0.1, 0.15) is 18.9 Å². The summed E-state index contributed by atoms with van der Waals surface area (Å²) in [5.41, 5.74) is 3.05. The quantitative estimate of drug-likeness (QED) is 0.885. The number of aromatic nitrogens is 2. The molecule has 20 heavy (non-hydrogen) atoms. The molecule has 0 aliphatic rings. The van der Waals surface area contributed by atoms with Gasteiger partial charge >= 0.3 is 0 Å². The third-order valence-corrected chi connectivity index (χ3v) is 3.36. The summed E-state index contributed by atoms with van der Waals surface area (Å²) in [5, 5.41) is 7.94.